The number of nitrogens with one attached hydrogen (secondary N) is 1. The number of amides is 1. The Labute approximate surface area is 90.1 Å². The Morgan fingerprint density at radius 3 is 2.20 bits per heavy atom. The molecule has 0 saturated heterocycles. The Balaban J connectivity index is 2.65. The van der Waals surface area contributed by atoms with Crippen molar-refractivity contribution in [2.45, 2.75) is 26.8 Å². The van der Waals surface area contributed by atoms with Crippen molar-refractivity contribution in [3.05, 3.63) is 29.8 Å². The second-order valence-corrected chi connectivity index (χ2v) is 4.05. The number of benzene rings is 1. The highest BCUT2D eigenvalue weighted by atomic mass is 16.3. The molecule has 1 amide bonds. The van der Waals surface area contributed by atoms with Gasteiger partial charge in [-0.15, -0.1) is 0 Å². The molecule has 1 rings (SSSR count). The van der Waals surface area contributed by atoms with Crippen LogP contribution in [0, 0.1) is 5.92 Å². The van der Waals surface area contributed by atoms with Crippen molar-refractivity contribution in [3.63, 3.8) is 0 Å². The van der Waals surface area contributed by atoms with Crippen LogP contribution in [0.1, 0.15) is 31.1 Å². The minimum absolute atomic E-state index is 0.101. The quantitative estimate of drug-likeness (QED) is 0.798. The summed E-state index contributed by atoms with van der Waals surface area (Å²) >= 11 is 0. The first-order valence-electron chi connectivity index (χ1n) is 5.10. The van der Waals surface area contributed by atoms with Gasteiger partial charge in [-0.1, -0.05) is 13.8 Å². The van der Waals surface area contributed by atoms with E-state index >= 15 is 0 Å². The van der Waals surface area contributed by atoms with Crippen LogP contribution >= 0.6 is 0 Å². The number of aromatic hydroxyl groups is 1. The Bertz CT molecular complexity index is 330. The van der Waals surface area contributed by atoms with Crippen molar-refractivity contribution >= 4 is 5.91 Å². The zero-order valence-corrected chi connectivity index (χ0v) is 9.32. The number of carbonyl (C=O) groups is 1. The third-order valence-electron chi connectivity index (χ3n) is 2.49. The number of phenols is 1. The minimum Gasteiger partial charge on any atom is -0.508 e. The lowest BCUT2D eigenvalue weighted by atomic mass is 10.1. The molecule has 0 heterocycles. The van der Waals surface area contributed by atoms with Crippen LogP contribution in [0.15, 0.2) is 24.3 Å². The van der Waals surface area contributed by atoms with E-state index in [9.17, 15) is 4.79 Å². The van der Waals surface area contributed by atoms with Crippen LogP contribution < -0.4 is 5.32 Å². The van der Waals surface area contributed by atoms with Gasteiger partial charge in [-0.2, -0.15) is 0 Å². The molecule has 0 aliphatic carbocycles. The van der Waals surface area contributed by atoms with Gasteiger partial charge in [0.15, 0.2) is 0 Å². The maximum atomic E-state index is 11.7. The Hall–Kier alpha value is -1.51. The highest BCUT2D eigenvalue weighted by Crippen LogP contribution is 2.10. The lowest BCUT2D eigenvalue weighted by molar-refractivity contribution is 0.0930. The minimum atomic E-state index is -0.101. The van der Waals surface area contributed by atoms with E-state index in [-0.39, 0.29) is 17.7 Å². The van der Waals surface area contributed by atoms with Crippen LogP contribution in [0.3, 0.4) is 0 Å². The van der Waals surface area contributed by atoms with Crippen molar-refractivity contribution in [1.82, 2.24) is 5.32 Å². The van der Waals surface area contributed by atoms with E-state index in [0.717, 1.165) is 0 Å². The summed E-state index contributed by atoms with van der Waals surface area (Å²) in [4.78, 5) is 11.7. The highest BCUT2D eigenvalue weighted by molar-refractivity contribution is 5.94. The summed E-state index contributed by atoms with van der Waals surface area (Å²) in [7, 11) is 0. The first kappa shape index (κ1) is 11.6. The Morgan fingerprint density at radius 2 is 1.73 bits per heavy atom. The van der Waals surface area contributed by atoms with Gasteiger partial charge >= 0.3 is 0 Å². The predicted molar refractivity (Wildman–Crippen MR) is 59.9 cm³/mol. The van der Waals surface area contributed by atoms with E-state index in [4.69, 9.17) is 5.11 Å². The van der Waals surface area contributed by atoms with E-state index < -0.39 is 0 Å². The molecule has 2 N–H and O–H groups in total. The number of hydrogen-bond acceptors (Lipinski definition) is 2. The van der Waals surface area contributed by atoms with Crippen LogP contribution in [0.2, 0.25) is 0 Å². The Morgan fingerprint density at radius 1 is 1.20 bits per heavy atom. The topological polar surface area (TPSA) is 49.3 Å². The first-order valence-corrected chi connectivity index (χ1v) is 5.10. The summed E-state index contributed by atoms with van der Waals surface area (Å²) in [5, 5.41) is 12.0. The average molecular weight is 207 g/mol. The summed E-state index contributed by atoms with van der Waals surface area (Å²) in [6, 6.07) is 6.38. The smallest absolute Gasteiger partial charge is 0.251 e. The maximum absolute atomic E-state index is 11.7. The lowest BCUT2D eigenvalue weighted by Gasteiger charge is -2.17. The molecule has 0 spiro atoms. The molecule has 15 heavy (non-hydrogen) atoms. The van der Waals surface area contributed by atoms with Gasteiger partial charge in [-0.05, 0) is 37.1 Å². The number of phenolic OH excluding ortho intramolecular Hbond substituents is 1. The third kappa shape index (κ3) is 3.27. The molecule has 0 bridgehead atoms. The Kier molecular flexibility index (Phi) is 3.72. The molecule has 0 aliphatic rings. The standard InChI is InChI=1S/C12H17NO2/c1-8(2)9(3)13-12(15)10-4-6-11(14)7-5-10/h4-9,14H,1-3H3,(H,13,15). The molecule has 1 unspecified atom stereocenters. The van der Waals surface area contributed by atoms with Gasteiger partial charge in [-0.3, -0.25) is 4.79 Å². The van der Waals surface area contributed by atoms with Crippen molar-refractivity contribution < 1.29 is 9.90 Å². The third-order valence-corrected chi connectivity index (χ3v) is 2.49. The van der Waals surface area contributed by atoms with E-state index in [1.165, 1.54) is 12.1 Å². The molecule has 0 radical (unpaired) electrons. The lowest BCUT2D eigenvalue weighted by Crippen LogP contribution is -2.36. The van der Waals surface area contributed by atoms with Gasteiger partial charge in [-0.25, -0.2) is 0 Å². The molecule has 1 atom stereocenters. The molecule has 0 aromatic heterocycles. The van der Waals surface area contributed by atoms with Gasteiger partial charge in [0.05, 0.1) is 0 Å². The van der Waals surface area contributed by atoms with Crippen LogP contribution in [0.4, 0.5) is 0 Å². The number of rotatable bonds is 3. The van der Waals surface area contributed by atoms with Crippen molar-refractivity contribution in [1.29, 1.82) is 0 Å². The fourth-order valence-electron chi connectivity index (χ4n) is 1.07. The van der Waals surface area contributed by atoms with Gasteiger partial charge in [0.25, 0.3) is 5.91 Å². The van der Waals surface area contributed by atoms with Crippen molar-refractivity contribution in [3.8, 4) is 5.75 Å². The highest BCUT2D eigenvalue weighted by Gasteiger charge is 2.11. The molecule has 0 aliphatic heterocycles. The van der Waals surface area contributed by atoms with Gasteiger partial charge in [0, 0.05) is 11.6 Å². The second kappa shape index (κ2) is 4.82. The van der Waals surface area contributed by atoms with Gasteiger partial charge in [0.2, 0.25) is 0 Å². The zero-order valence-electron chi connectivity index (χ0n) is 9.32. The first-order chi connectivity index (χ1) is 7.00. The van der Waals surface area contributed by atoms with Gasteiger partial charge in [0.1, 0.15) is 5.75 Å². The molecular formula is C12H17NO2. The second-order valence-electron chi connectivity index (χ2n) is 4.05. The van der Waals surface area contributed by atoms with Crippen LogP contribution in [-0.2, 0) is 0 Å². The maximum Gasteiger partial charge on any atom is 0.251 e. The van der Waals surface area contributed by atoms with E-state index in [1.54, 1.807) is 12.1 Å². The predicted octanol–water partition coefficient (Wildman–Crippen LogP) is 2.17. The molecule has 82 valence electrons. The van der Waals surface area contributed by atoms with E-state index in [2.05, 4.69) is 19.2 Å². The van der Waals surface area contributed by atoms with Crippen molar-refractivity contribution in [2.75, 3.05) is 0 Å². The largest absolute Gasteiger partial charge is 0.508 e. The van der Waals surface area contributed by atoms with Crippen molar-refractivity contribution in [2.24, 2.45) is 5.92 Å². The number of carbonyl (C=O) groups excluding carboxylic acids is 1. The average Bonchev–Trinajstić information content (AvgIpc) is 2.18. The fraction of sp³-hybridized carbons (Fsp3) is 0.417. The van der Waals surface area contributed by atoms with Crippen LogP contribution in [0.5, 0.6) is 5.75 Å². The molecule has 3 nitrogen and oxygen atoms in total. The van der Waals surface area contributed by atoms with Crippen LogP contribution in [-0.4, -0.2) is 17.1 Å². The summed E-state index contributed by atoms with van der Waals surface area (Å²) in [5.74, 6) is 0.478. The summed E-state index contributed by atoms with van der Waals surface area (Å²) in [6.45, 7) is 6.09. The molecule has 0 saturated carbocycles. The molecule has 1 aromatic rings. The van der Waals surface area contributed by atoms with Crippen LogP contribution in [0.25, 0.3) is 0 Å². The molecular weight excluding hydrogens is 190 g/mol. The number of hydrogen-bond donors (Lipinski definition) is 2. The molecule has 1 aromatic carbocycles. The normalized spacial score (nSPS) is 12.5. The fourth-order valence-corrected chi connectivity index (χ4v) is 1.07. The summed E-state index contributed by atoms with van der Waals surface area (Å²) in [6.07, 6.45) is 0. The summed E-state index contributed by atoms with van der Waals surface area (Å²) < 4.78 is 0. The monoisotopic (exact) mass is 207 g/mol. The van der Waals surface area contributed by atoms with E-state index in [1.807, 2.05) is 6.92 Å². The van der Waals surface area contributed by atoms with Gasteiger partial charge < -0.3 is 10.4 Å². The zero-order chi connectivity index (χ0) is 11.4. The molecule has 3 heteroatoms. The molecule has 0 fully saturated rings. The summed E-state index contributed by atoms with van der Waals surface area (Å²) in [5.41, 5.74) is 0.570. The van der Waals surface area contributed by atoms with E-state index in [0.29, 0.717) is 11.5 Å². The SMILES string of the molecule is CC(C)C(C)NC(=O)c1ccc(O)cc1.